The molecule has 0 fully saturated rings. The normalized spacial score (nSPS) is 11.0. The number of rotatable bonds is 6. The number of allylic oxidation sites excluding steroid dienone is 1. The van der Waals surface area contributed by atoms with Gasteiger partial charge in [-0.3, -0.25) is 9.48 Å². The molecule has 0 saturated heterocycles. The van der Waals surface area contributed by atoms with Crippen LogP contribution in [-0.4, -0.2) is 32.8 Å². The predicted octanol–water partition coefficient (Wildman–Crippen LogP) is 4.04. The van der Waals surface area contributed by atoms with Crippen molar-refractivity contribution in [2.75, 3.05) is 7.11 Å². The second kappa shape index (κ2) is 7.44. The van der Waals surface area contributed by atoms with Crippen LogP contribution in [0.4, 0.5) is 0 Å². The lowest BCUT2D eigenvalue weighted by Gasteiger charge is -2.10. The van der Waals surface area contributed by atoms with Gasteiger partial charge in [-0.1, -0.05) is 29.8 Å². The molecule has 0 radical (unpaired) electrons. The number of hydrogen-bond acceptors (Lipinski definition) is 4. The number of fused-ring (bicyclic) bond motifs is 1. The Labute approximate surface area is 171 Å². The van der Waals surface area contributed by atoms with E-state index in [9.17, 15) is 4.79 Å². The fraction of sp³-hybridized carbons (Fsp3) is 0.0952. The molecule has 1 amide bonds. The summed E-state index contributed by atoms with van der Waals surface area (Å²) in [5.41, 5.74) is 9.21. The molecule has 0 unspecified atom stereocenters. The smallest absolute Gasteiger partial charge is 0.249 e. The van der Waals surface area contributed by atoms with E-state index in [2.05, 4.69) is 21.6 Å². The molecule has 0 spiro atoms. The standard InChI is InChI=1S/C21H18ClN5O2/c1-3-10-27-16(21-24-13-6-4-5-7-14(13)25-21)11-15(26-27)18-12(20(23)28)8-9-17(29-2)19(18)22/h3-9,11H,1,10H2,2H3,(H2,23,28)(H,24,25). The summed E-state index contributed by atoms with van der Waals surface area (Å²) < 4.78 is 7.03. The molecule has 0 aliphatic rings. The number of nitrogens with zero attached hydrogens (tertiary/aromatic N) is 3. The van der Waals surface area contributed by atoms with E-state index in [0.717, 1.165) is 16.7 Å². The van der Waals surface area contributed by atoms with Gasteiger partial charge in [-0.25, -0.2) is 4.98 Å². The number of carbonyl (C=O) groups excluding carboxylic acids is 1. The molecule has 2 heterocycles. The number of aromatic amines is 1. The Bertz CT molecular complexity index is 1210. The highest BCUT2D eigenvalue weighted by Crippen LogP contribution is 2.38. The number of nitrogens with one attached hydrogen (secondary N) is 1. The molecule has 0 atom stereocenters. The fourth-order valence-corrected chi connectivity index (χ4v) is 3.57. The minimum Gasteiger partial charge on any atom is -0.495 e. The minimum absolute atomic E-state index is 0.259. The Hall–Kier alpha value is -3.58. The third-order valence-electron chi connectivity index (χ3n) is 4.56. The van der Waals surface area contributed by atoms with Crippen LogP contribution in [0.1, 0.15) is 10.4 Å². The number of carbonyl (C=O) groups is 1. The molecule has 0 aliphatic heterocycles. The molecule has 29 heavy (non-hydrogen) atoms. The maximum atomic E-state index is 12.0. The van der Waals surface area contributed by atoms with Crippen LogP contribution < -0.4 is 10.5 Å². The molecule has 0 aliphatic carbocycles. The van der Waals surface area contributed by atoms with E-state index in [1.165, 1.54) is 7.11 Å². The van der Waals surface area contributed by atoms with E-state index in [0.29, 0.717) is 29.4 Å². The first-order valence-electron chi connectivity index (χ1n) is 8.84. The largest absolute Gasteiger partial charge is 0.495 e. The van der Waals surface area contributed by atoms with E-state index >= 15 is 0 Å². The zero-order valence-corrected chi connectivity index (χ0v) is 16.4. The Morgan fingerprint density at radius 2 is 2.14 bits per heavy atom. The van der Waals surface area contributed by atoms with Crippen molar-refractivity contribution in [2.24, 2.45) is 5.73 Å². The average molecular weight is 408 g/mol. The second-order valence-electron chi connectivity index (χ2n) is 6.36. The highest BCUT2D eigenvalue weighted by Gasteiger charge is 2.22. The number of methoxy groups -OCH3 is 1. The average Bonchev–Trinajstić information content (AvgIpc) is 3.31. The topological polar surface area (TPSA) is 98.8 Å². The predicted molar refractivity (Wildman–Crippen MR) is 113 cm³/mol. The SMILES string of the molecule is C=CCn1nc(-c2c(C(N)=O)ccc(OC)c2Cl)cc1-c1nc2ccccc2[nH]1. The van der Waals surface area contributed by atoms with Crippen molar-refractivity contribution in [1.82, 2.24) is 19.7 Å². The number of hydrogen-bond donors (Lipinski definition) is 2. The molecule has 2 aromatic heterocycles. The number of amides is 1. The van der Waals surface area contributed by atoms with Gasteiger partial charge < -0.3 is 15.5 Å². The molecule has 0 bridgehead atoms. The van der Waals surface area contributed by atoms with Crippen LogP contribution in [0.3, 0.4) is 0 Å². The Kier molecular flexibility index (Phi) is 4.82. The van der Waals surface area contributed by atoms with Gasteiger partial charge in [0, 0.05) is 5.56 Å². The van der Waals surface area contributed by atoms with Crippen molar-refractivity contribution in [3.8, 4) is 28.5 Å². The van der Waals surface area contributed by atoms with Gasteiger partial charge in [0.05, 0.1) is 41.0 Å². The number of ether oxygens (including phenoxy) is 1. The number of para-hydroxylation sites is 2. The lowest BCUT2D eigenvalue weighted by atomic mass is 10.0. The number of halogens is 1. The van der Waals surface area contributed by atoms with Gasteiger partial charge in [-0.05, 0) is 30.3 Å². The van der Waals surface area contributed by atoms with Gasteiger partial charge in [0.25, 0.3) is 0 Å². The molecule has 4 rings (SSSR count). The van der Waals surface area contributed by atoms with E-state index in [1.54, 1.807) is 22.9 Å². The minimum atomic E-state index is -0.604. The molecular formula is C21H18ClN5O2. The highest BCUT2D eigenvalue weighted by molar-refractivity contribution is 6.35. The summed E-state index contributed by atoms with van der Waals surface area (Å²) in [5, 5.41) is 4.90. The maximum absolute atomic E-state index is 12.0. The number of nitrogens with two attached hydrogens (primary N) is 1. The third kappa shape index (κ3) is 3.25. The third-order valence-corrected chi connectivity index (χ3v) is 4.94. The van der Waals surface area contributed by atoms with Crippen LogP contribution in [0.5, 0.6) is 5.75 Å². The van der Waals surface area contributed by atoms with E-state index in [-0.39, 0.29) is 10.6 Å². The Morgan fingerprint density at radius 3 is 2.83 bits per heavy atom. The Balaban J connectivity index is 1.94. The first-order valence-corrected chi connectivity index (χ1v) is 9.21. The molecule has 8 heteroatoms. The van der Waals surface area contributed by atoms with Crippen LogP contribution in [0.2, 0.25) is 5.02 Å². The van der Waals surface area contributed by atoms with Crippen LogP contribution in [0.15, 0.2) is 55.1 Å². The number of H-pyrrole nitrogens is 1. The summed E-state index contributed by atoms with van der Waals surface area (Å²) in [5.74, 6) is 0.467. The second-order valence-corrected chi connectivity index (χ2v) is 6.73. The molecule has 4 aromatic rings. The number of imidazole rings is 1. The molecule has 0 saturated carbocycles. The van der Waals surface area contributed by atoms with Gasteiger partial charge in [0.15, 0.2) is 5.82 Å². The maximum Gasteiger partial charge on any atom is 0.249 e. The molecule has 3 N–H and O–H groups in total. The summed E-state index contributed by atoms with van der Waals surface area (Å²) in [7, 11) is 1.51. The van der Waals surface area contributed by atoms with Gasteiger partial charge in [-0.15, -0.1) is 6.58 Å². The van der Waals surface area contributed by atoms with Gasteiger partial charge in [-0.2, -0.15) is 5.10 Å². The van der Waals surface area contributed by atoms with Gasteiger partial charge in [0.2, 0.25) is 5.91 Å². The molecule has 146 valence electrons. The molecule has 2 aromatic carbocycles. The summed E-state index contributed by atoms with van der Waals surface area (Å²) >= 11 is 6.52. The highest BCUT2D eigenvalue weighted by atomic mass is 35.5. The molecule has 7 nitrogen and oxygen atoms in total. The number of aromatic nitrogens is 4. The zero-order valence-electron chi connectivity index (χ0n) is 15.6. The molecular weight excluding hydrogens is 390 g/mol. The van der Waals surface area contributed by atoms with E-state index < -0.39 is 5.91 Å². The van der Waals surface area contributed by atoms with Crippen LogP contribution in [-0.2, 0) is 6.54 Å². The summed E-state index contributed by atoms with van der Waals surface area (Å²) in [6, 6.07) is 12.7. The number of primary amides is 1. The van der Waals surface area contributed by atoms with Crippen molar-refractivity contribution in [3.63, 3.8) is 0 Å². The Morgan fingerprint density at radius 1 is 1.34 bits per heavy atom. The summed E-state index contributed by atoms with van der Waals surface area (Å²) in [4.78, 5) is 19.9. The van der Waals surface area contributed by atoms with Crippen molar-refractivity contribution in [3.05, 3.63) is 65.7 Å². The quantitative estimate of drug-likeness (QED) is 0.471. The van der Waals surface area contributed by atoms with Crippen LogP contribution in [0, 0.1) is 0 Å². The van der Waals surface area contributed by atoms with Crippen molar-refractivity contribution in [1.29, 1.82) is 0 Å². The van der Waals surface area contributed by atoms with Crippen LogP contribution in [0.25, 0.3) is 33.8 Å². The van der Waals surface area contributed by atoms with Gasteiger partial charge in [0.1, 0.15) is 11.4 Å². The zero-order chi connectivity index (χ0) is 20.5. The van der Waals surface area contributed by atoms with Crippen molar-refractivity contribution >= 4 is 28.5 Å². The monoisotopic (exact) mass is 407 g/mol. The van der Waals surface area contributed by atoms with Crippen molar-refractivity contribution in [2.45, 2.75) is 6.54 Å². The van der Waals surface area contributed by atoms with Crippen molar-refractivity contribution < 1.29 is 9.53 Å². The van der Waals surface area contributed by atoms with E-state index in [4.69, 9.17) is 22.1 Å². The summed E-state index contributed by atoms with van der Waals surface area (Å²) in [6.45, 7) is 4.24. The van der Waals surface area contributed by atoms with Gasteiger partial charge >= 0.3 is 0 Å². The number of benzene rings is 2. The fourth-order valence-electron chi connectivity index (χ4n) is 3.24. The first kappa shape index (κ1) is 18.8. The van der Waals surface area contributed by atoms with E-state index in [1.807, 2.05) is 30.3 Å². The first-order chi connectivity index (χ1) is 14.0. The summed E-state index contributed by atoms with van der Waals surface area (Å²) in [6.07, 6.45) is 1.73. The lowest BCUT2D eigenvalue weighted by molar-refractivity contribution is 0.100. The lowest BCUT2D eigenvalue weighted by Crippen LogP contribution is -2.13. The van der Waals surface area contributed by atoms with Crippen LogP contribution >= 0.6 is 11.6 Å².